The third-order valence-corrected chi connectivity index (χ3v) is 2.79. The van der Waals surface area contributed by atoms with E-state index in [1.807, 2.05) is 13.0 Å². The van der Waals surface area contributed by atoms with Crippen LogP contribution in [0.3, 0.4) is 0 Å². The molecule has 1 aromatic rings. The third-order valence-electron chi connectivity index (χ3n) is 2.79. The maximum Gasteiger partial charge on any atom is 0.251 e. The number of benzene rings is 1. The zero-order chi connectivity index (χ0) is 13.4. The van der Waals surface area contributed by atoms with Crippen LogP contribution in [0.2, 0.25) is 0 Å². The Bertz CT molecular complexity index is 391. The number of aliphatic hydroxyl groups is 1. The van der Waals surface area contributed by atoms with Crippen molar-refractivity contribution in [2.24, 2.45) is 0 Å². The summed E-state index contributed by atoms with van der Waals surface area (Å²) in [6.07, 6.45) is 2.59. The van der Waals surface area contributed by atoms with E-state index in [1.54, 1.807) is 19.2 Å². The standard InChI is InChI=1S/C14H21NO3/c1-11-6-7-12(10-13(11)18-2)14(17)15-8-4-3-5-9-16/h6-7,10,16H,3-5,8-9H2,1-2H3,(H,15,17). The summed E-state index contributed by atoms with van der Waals surface area (Å²) < 4.78 is 5.19. The molecule has 0 radical (unpaired) electrons. The topological polar surface area (TPSA) is 58.6 Å². The van der Waals surface area contributed by atoms with Gasteiger partial charge < -0.3 is 15.2 Å². The highest BCUT2D eigenvalue weighted by molar-refractivity contribution is 5.94. The van der Waals surface area contributed by atoms with Crippen LogP contribution in [0.15, 0.2) is 18.2 Å². The molecular weight excluding hydrogens is 230 g/mol. The van der Waals surface area contributed by atoms with Crippen molar-refractivity contribution in [2.75, 3.05) is 20.3 Å². The van der Waals surface area contributed by atoms with E-state index in [0.29, 0.717) is 12.1 Å². The van der Waals surface area contributed by atoms with Gasteiger partial charge in [0.1, 0.15) is 5.75 Å². The van der Waals surface area contributed by atoms with Crippen molar-refractivity contribution in [3.05, 3.63) is 29.3 Å². The van der Waals surface area contributed by atoms with Gasteiger partial charge in [-0.15, -0.1) is 0 Å². The van der Waals surface area contributed by atoms with Crippen LogP contribution in [0.5, 0.6) is 5.75 Å². The van der Waals surface area contributed by atoms with Gasteiger partial charge in [0.05, 0.1) is 7.11 Å². The highest BCUT2D eigenvalue weighted by Gasteiger charge is 2.07. The molecule has 0 spiro atoms. The Morgan fingerprint density at radius 2 is 2.11 bits per heavy atom. The van der Waals surface area contributed by atoms with E-state index in [1.165, 1.54) is 0 Å². The molecule has 0 bridgehead atoms. The minimum Gasteiger partial charge on any atom is -0.496 e. The summed E-state index contributed by atoms with van der Waals surface area (Å²) in [4.78, 5) is 11.8. The summed E-state index contributed by atoms with van der Waals surface area (Å²) in [5.74, 6) is 0.639. The van der Waals surface area contributed by atoms with Crippen molar-refractivity contribution in [1.29, 1.82) is 0 Å². The van der Waals surface area contributed by atoms with Crippen LogP contribution in [-0.2, 0) is 0 Å². The lowest BCUT2D eigenvalue weighted by molar-refractivity contribution is 0.0952. The minimum absolute atomic E-state index is 0.0858. The molecule has 1 amide bonds. The number of unbranched alkanes of at least 4 members (excludes halogenated alkanes) is 2. The molecule has 0 heterocycles. The van der Waals surface area contributed by atoms with Crippen LogP contribution in [-0.4, -0.2) is 31.3 Å². The number of rotatable bonds is 7. The van der Waals surface area contributed by atoms with E-state index in [0.717, 1.165) is 30.6 Å². The second-order valence-corrected chi connectivity index (χ2v) is 4.22. The van der Waals surface area contributed by atoms with Crippen molar-refractivity contribution >= 4 is 5.91 Å². The van der Waals surface area contributed by atoms with E-state index in [9.17, 15) is 4.79 Å². The van der Waals surface area contributed by atoms with Crippen LogP contribution < -0.4 is 10.1 Å². The molecule has 0 aromatic heterocycles. The Balaban J connectivity index is 2.46. The van der Waals surface area contributed by atoms with Gasteiger partial charge in [0.25, 0.3) is 5.91 Å². The Morgan fingerprint density at radius 1 is 1.33 bits per heavy atom. The average Bonchev–Trinajstić information content (AvgIpc) is 2.38. The maximum atomic E-state index is 11.8. The monoisotopic (exact) mass is 251 g/mol. The van der Waals surface area contributed by atoms with Gasteiger partial charge in [-0.3, -0.25) is 4.79 Å². The van der Waals surface area contributed by atoms with E-state index >= 15 is 0 Å². The quantitative estimate of drug-likeness (QED) is 0.728. The number of hydrogen-bond donors (Lipinski definition) is 2. The molecule has 4 nitrogen and oxygen atoms in total. The van der Waals surface area contributed by atoms with E-state index < -0.39 is 0 Å². The van der Waals surface area contributed by atoms with Crippen LogP contribution in [0.25, 0.3) is 0 Å². The minimum atomic E-state index is -0.0858. The molecule has 0 atom stereocenters. The average molecular weight is 251 g/mol. The smallest absolute Gasteiger partial charge is 0.251 e. The normalized spacial score (nSPS) is 10.2. The van der Waals surface area contributed by atoms with Gasteiger partial charge in [0.2, 0.25) is 0 Å². The van der Waals surface area contributed by atoms with Gasteiger partial charge in [0.15, 0.2) is 0 Å². The van der Waals surface area contributed by atoms with Gasteiger partial charge in [-0.25, -0.2) is 0 Å². The highest BCUT2D eigenvalue weighted by atomic mass is 16.5. The van der Waals surface area contributed by atoms with Gasteiger partial charge in [-0.2, -0.15) is 0 Å². The number of ether oxygens (including phenoxy) is 1. The molecule has 100 valence electrons. The third kappa shape index (κ3) is 4.37. The number of aliphatic hydroxyl groups excluding tert-OH is 1. The number of carbonyl (C=O) groups is 1. The number of nitrogens with one attached hydrogen (secondary N) is 1. The first kappa shape index (κ1) is 14.5. The summed E-state index contributed by atoms with van der Waals surface area (Å²) in [5.41, 5.74) is 1.62. The number of hydrogen-bond acceptors (Lipinski definition) is 3. The summed E-state index contributed by atoms with van der Waals surface area (Å²) >= 11 is 0. The first-order valence-electron chi connectivity index (χ1n) is 6.22. The molecule has 0 unspecified atom stereocenters. The molecule has 1 rings (SSSR count). The van der Waals surface area contributed by atoms with Crippen molar-refractivity contribution < 1.29 is 14.6 Å². The van der Waals surface area contributed by atoms with Gasteiger partial charge in [-0.1, -0.05) is 6.07 Å². The van der Waals surface area contributed by atoms with Gasteiger partial charge in [-0.05, 0) is 43.9 Å². The van der Waals surface area contributed by atoms with Crippen LogP contribution in [0, 0.1) is 6.92 Å². The van der Waals surface area contributed by atoms with Crippen molar-refractivity contribution in [3.63, 3.8) is 0 Å². The molecule has 0 fully saturated rings. The van der Waals surface area contributed by atoms with E-state index in [4.69, 9.17) is 9.84 Å². The molecule has 0 saturated heterocycles. The second-order valence-electron chi connectivity index (χ2n) is 4.22. The number of methoxy groups -OCH3 is 1. The van der Waals surface area contributed by atoms with Crippen LogP contribution >= 0.6 is 0 Å². The fourth-order valence-electron chi connectivity index (χ4n) is 1.68. The lowest BCUT2D eigenvalue weighted by Gasteiger charge is -2.08. The molecule has 18 heavy (non-hydrogen) atoms. The first-order chi connectivity index (χ1) is 8.69. The summed E-state index contributed by atoms with van der Waals surface area (Å²) in [5, 5.41) is 11.5. The largest absolute Gasteiger partial charge is 0.496 e. The molecule has 4 heteroatoms. The number of amides is 1. The lowest BCUT2D eigenvalue weighted by Crippen LogP contribution is -2.24. The highest BCUT2D eigenvalue weighted by Crippen LogP contribution is 2.18. The number of carbonyl (C=O) groups excluding carboxylic acids is 1. The van der Waals surface area contributed by atoms with E-state index in [-0.39, 0.29) is 12.5 Å². The van der Waals surface area contributed by atoms with Gasteiger partial charge >= 0.3 is 0 Å². The summed E-state index contributed by atoms with van der Waals surface area (Å²) in [7, 11) is 1.60. The molecule has 2 N–H and O–H groups in total. The molecule has 0 aliphatic heterocycles. The predicted molar refractivity (Wildman–Crippen MR) is 71.0 cm³/mol. The van der Waals surface area contributed by atoms with Crippen molar-refractivity contribution in [3.8, 4) is 5.75 Å². The summed E-state index contributed by atoms with van der Waals surface area (Å²) in [6.45, 7) is 2.79. The fourth-order valence-corrected chi connectivity index (χ4v) is 1.68. The van der Waals surface area contributed by atoms with Crippen molar-refractivity contribution in [2.45, 2.75) is 26.2 Å². The molecule has 0 aliphatic rings. The predicted octanol–water partition coefficient (Wildman–Crippen LogP) is 1.90. The molecule has 1 aromatic carbocycles. The Kier molecular flexibility index (Phi) is 6.22. The van der Waals surface area contributed by atoms with Crippen molar-refractivity contribution in [1.82, 2.24) is 5.32 Å². The molecule has 0 aliphatic carbocycles. The summed E-state index contributed by atoms with van der Waals surface area (Å²) in [6, 6.07) is 5.42. The Labute approximate surface area is 108 Å². The Hall–Kier alpha value is -1.55. The van der Waals surface area contributed by atoms with E-state index in [2.05, 4.69) is 5.32 Å². The zero-order valence-corrected chi connectivity index (χ0v) is 11.0. The SMILES string of the molecule is COc1cc(C(=O)NCCCCCO)ccc1C. The maximum absolute atomic E-state index is 11.8. The fraction of sp³-hybridized carbons (Fsp3) is 0.500. The number of aryl methyl sites for hydroxylation is 1. The molecule has 0 saturated carbocycles. The first-order valence-corrected chi connectivity index (χ1v) is 6.22. The lowest BCUT2D eigenvalue weighted by atomic mass is 10.1. The van der Waals surface area contributed by atoms with Crippen LogP contribution in [0.1, 0.15) is 35.2 Å². The van der Waals surface area contributed by atoms with Crippen LogP contribution in [0.4, 0.5) is 0 Å². The zero-order valence-electron chi connectivity index (χ0n) is 11.0. The molecular formula is C14H21NO3. The Morgan fingerprint density at radius 3 is 2.78 bits per heavy atom. The van der Waals surface area contributed by atoms with Gasteiger partial charge in [0, 0.05) is 18.7 Å². The second kappa shape index (κ2) is 7.71.